The van der Waals surface area contributed by atoms with E-state index in [4.69, 9.17) is 9.40 Å². The van der Waals surface area contributed by atoms with Gasteiger partial charge in [-0.15, -0.1) is 36.2 Å². The molecule has 0 saturated carbocycles. The Morgan fingerprint density at radius 3 is 2.71 bits per heavy atom. The minimum atomic E-state index is 0. The smallest absolute Gasteiger partial charge is 0.266 e. The topological polar surface area (TPSA) is 58.4 Å². The van der Waals surface area contributed by atoms with Crippen LogP contribution in [-0.2, 0) is 0 Å². The van der Waals surface area contributed by atoms with Crippen molar-refractivity contribution in [3.63, 3.8) is 0 Å². The molecule has 1 aliphatic rings. The number of halogens is 2. The number of thiazole rings is 1. The molecule has 8 heteroatoms. The van der Waals surface area contributed by atoms with E-state index in [1.807, 2.05) is 54.4 Å². The van der Waals surface area contributed by atoms with Crippen LogP contribution in [0.25, 0.3) is 22.0 Å². The van der Waals surface area contributed by atoms with E-state index in [-0.39, 0.29) is 30.7 Å². The van der Waals surface area contributed by atoms with Gasteiger partial charge in [0.2, 0.25) is 0 Å². The van der Waals surface area contributed by atoms with Gasteiger partial charge in [0.25, 0.3) is 5.91 Å². The molecular formula is C20H23Cl2N3O2S. The van der Waals surface area contributed by atoms with E-state index in [0.717, 1.165) is 42.3 Å². The standard InChI is InChI=1S/C20H21N3O2S.2ClH/c1-21-12-14-9-10-23(13-14)20(24)18-17(15-6-3-2-4-7-15)22-19(26-18)16-8-5-11-25-16;;/h2-8,11,14,21H,9-10,12-13H2,1H3;2*1H. The summed E-state index contributed by atoms with van der Waals surface area (Å²) in [5.41, 5.74) is 1.69. The minimum Gasteiger partial charge on any atom is -0.462 e. The summed E-state index contributed by atoms with van der Waals surface area (Å²) in [6.07, 6.45) is 2.67. The molecule has 1 atom stereocenters. The van der Waals surface area contributed by atoms with Gasteiger partial charge in [-0.05, 0) is 38.1 Å². The lowest BCUT2D eigenvalue weighted by Crippen LogP contribution is -2.30. The van der Waals surface area contributed by atoms with Crippen LogP contribution in [0.3, 0.4) is 0 Å². The molecule has 0 radical (unpaired) electrons. The highest BCUT2D eigenvalue weighted by molar-refractivity contribution is 7.17. The van der Waals surface area contributed by atoms with Crippen LogP contribution in [0, 0.1) is 5.92 Å². The van der Waals surface area contributed by atoms with Crippen LogP contribution in [0.4, 0.5) is 0 Å². The molecule has 1 N–H and O–H groups in total. The van der Waals surface area contributed by atoms with E-state index in [1.165, 1.54) is 11.3 Å². The number of aromatic nitrogens is 1. The van der Waals surface area contributed by atoms with Crippen molar-refractivity contribution in [1.82, 2.24) is 15.2 Å². The molecule has 1 fully saturated rings. The molecule has 2 aromatic heterocycles. The van der Waals surface area contributed by atoms with Crippen molar-refractivity contribution in [1.29, 1.82) is 0 Å². The lowest BCUT2D eigenvalue weighted by atomic mass is 10.1. The number of furan rings is 1. The maximum Gasteiger partial charge on any atom is 0.266 e. The summed E-state index contributed by atoms with van der Waals surface area (Å²) in [4.78, 5) is 20.6. The lowest BCUT2D eigenvalue weighted by molar-refractivity contribution is 0.0792. The molecule has 3 heterocycles. The summed E-state index contributed by atoms with van der Waals surface area (Å²) in [5, 5.41) is 3.95. The lowest BCUT2D eigenvalue weighted by Gasteiger charge is -2.16. The molecule has 3 aromatic rings. The molecule has 150 valence electrons. The Morgan fingerprint density at radius 1 is 1.25 bits per heavy atom. The van der Waals surface area contributed by atoms with Crippen LogP contribution in [0.15, 0.2) is 53.1 Å². The number of likely N-dealkylation sites (tertiary alicyclic amines) is 1. The number of rotatable bonds is 5. The van der Waals surface area contributed by atoms with E-state index in [1.54, 1.807) is 6.26 Å². The first-order valence-electron chi connectivity index (χ1n) is 8.80. The largest absolute Gasteiger partial charge is 0.462 e. The highest BCUT2D eigenvalue weighted by Crippen LogP contribution is 2.35. The number of carbonyl (C=O) groups excluding carboxylic acids is 1. The maximum atomic E-state index is 13.2. The van der Waals surface area contributed by atoms with Gasteiger partial charge < -0.3 is 14.6 Å². The Hall–Kier alpha value is -1.86. The van der Waals surface area contributed by atoms with E-state index in [2.05, 4.69) is 5.32 Å². The SMILES string of the molecule is CNCC1CCN(C(=O)c2sc(-c3ccco3)nc2-c2ccccc2)C1.Cl.Cl. The number of nitrogens with zero attached hydrogens (tertiary/aromatic N) is 2. The van der Waals surface area contributed by atoms with Crippen LogP contribution < -0.4 is 5.32 Å². The van der Waals surface area contributed by atoms with Crippen LogP contribution in [0.5, 0.6) is 0 Å². The molecule has 1 saturated heterocycles. The fourth-order valence-corrected chi connectivity index (χ4v) is 4.40. The van der Waals surface area contributed by atoms with E-state index >= 15 is 0 Å². The molecule has 1 amide bonds. The van der Waals surface area contributed by atoms with Gasteiger partial charge in [0.05, 0.1) is 12.0 Å². The van der Waals surface area contributed by atoms with Gasteiger partial charge in [0, 0.05) is 18.7 Å². The summed E-state index contributed by atoms with van der Waals surface area (Å²) in [6, 6.07) is 13.6. The highest BCUT2D eigenvalue weighted by atomic mass is 35.5. The second-order valence-electron chi connectivity index (χ2n) is 6.50. The third-order valence-corrected chi connectivity index (χ3v) is 5.72. The van der Waals surface area contributed by atoms with Crippen molar-refractivity contribution in [2.24, 2.45) is 5.92 Å². The third kappa shape index (κ3) is 4.58. The quantitative estimate of drug-likeness (QED) is 0.630. The normalized spacial score (nSPS) is 15.8. The molecule has 5 nitrogen and oxygen atoms in total. The monoisotopic (exact) mass is 439 g/mol. The molecule has 1 unspecified atom stereocenters. The van der Waals surface area contributed by atoms with Crippen molar-refractivity contribution in [3.8, 4) is 22.0 Å². The van der Waals surface area contributed by atoms with Gasteiger partial charge in [-0.3, -0.25) is 4.79 Å². The summed E-state index contributed by atoms with van der Waals surface area (Å²) in [7, 11) is 1.96. The fourth-order valence-electron chi connectivity index (χ4n) is 3.38. The summed E-state index contributed by atoms with van der Waals surface area (Å²) in [6.45, 7) is 2.53. The van der Waals surface area contributed by atoms with Gasteiger partial charge >= 0.3 is 0 Å². The van der Waals surface area contributed by atoms with E-state index < -0.39 is 0 Å². The van der Waals surface area contributed by atoms with Gasteiger partial charge in [-0.1, -0.05) is 30.3 Å². The van der Waals surface area contributed by atoms with E-state index in [0.29, 0.717) is 16.6 Å². The predicted octanol–water partition coefficient (Wildman–Crippen LogP) is 4.60. The minimum absolute atomic E-state index is 0. The molecular weight excluding hydrogens is 417 g/mol. The molecule has 0 bridgehead atoms. The number of benzene rings is 1. The Balaban J connectivity index is 0.00000140. The van der Waals surface area contributed by atoms with Crippen LogP contribution in [-0.4, -0.2) is 42.5 Å². The first-order chi connectivity index (χ1) is 12.8. The Morgan fingerprint density at radius 2 is 2.04 bits per heavy atom. The number of carbonyl (C=O) groups is 1. The van der Waals surface area contributed by atoms with Gasteiger partial charge in [0.1, 0.15) is 4.88 Å². The molecule has 0 aliphatic carbocycles. The number of hydrogen-bond donors (Lipinski definition) is 1. The fraction of sp³-hybridized carbons (Fsp3) is 0.300. The van der Waals surface area contributed by atoms with Crippen LogP contribution >= 0.6 is 36.2 Å². The number of nitrogens with one attached hydrogen (secondary N) is 1. The first kappa shape index (κ1) is 22.4. The van der Waals surface area contributed by atoms with Crippen molar-refractivity contribution >= 4 is 42.1 Å². The Kier molecular flexibility index (Phi) is 8.07. The summed E-state index contributed by atoms with van der Waals surface area (Å²) >= 11 is 1.41. The van der Waals surface area contributed by atoms with Crippen molar-refractivity contribution in [3.05, 3.63) is 53.6 Å². The van der Waals surface area contributed by atoms with Gasteiger partial charge in [0.15, 0.2) is 10.8 Å². The first-order valence-corrected chi connectivity index (χ1v) is 9.62. The van der Waals surface area contributed by atoms with Crippen LogP contribution in [0.2, 0.25) is 0 Å². The number of hydrogen-bond acceptors (Lipinski definition) is 5. The average molecular weight is 440 g/mol. The Labute approximate surface area is 181 Å². The van der Waals surface area contributed by atoms with Gasteiger partial charge in [-0.25, -0.2) is 4.98 Å². The second-order valence-corrected chi connectivity index (χ2v) is 7.50. The Bertz CT molecular complexity index is 884. The third-order valence-electron chi connectivity index (χ3n) is 4.67. The summed E-state index contributed by atoms with van der Waals surface area (Å²) in [5.74, 6) is 1.28. The van der Waals surface area contributed by atoms with Gasteiger partial charge in [-0.2, -0.15) is 0 Å². The molecule has 4 rings (SSSR count). The predicted molar refractivity (Wildman–Crippen MR) is 118 cm³/mol. The zero-order valence-electron chi connectivity index (χ0n) is 15.5. The van der Waals surface area contributed by atoms with E-state index in [9.17, 15) is 4.79 Å². The van der Waals surface area contributed by atoms with Crippen LogP contribution in [0.1, 0.15) is 16.1 Å². The average Bonchev–Trinajstić information content (AvgIpc) is 3.42. The molecule has 0 spiro atoms. The van der Waals surface area contributed by atoms with Crippen molar-refractivity contribution in [2.45, 2.75) is 6.42 Å². The molecule has 28 heavy (non-hydrogen) atoms. The molecule has 1 aliphatic heterocycles. The zero-order valence-corrected chi connectivity index (χ0v) is 17.9. The highest BCUT2D eigenvalue weighted by Gasteiger charge is 2.30. The van der Waals surface area contributed by atoms with Crippen molar-refractivity contribution in [2.75, 3.05) is 26.7 Å². The second kappa shape index (κ2) is 10.1. The van der Waals surface area contributed by atoms with Crippen molar-refractivity contribution < 1.29 is 9.21 Å². The summed E-state index contributed by atoms with van der Waals surface area (Å²) < 4.78 is 5.49. The zero-order chi connectivity index (χ0) is 17.9. The molecule has 1 aromatic carbocycles. The maximum absolute atomic E-state index is 13.2. The number of amides is 1.